The lowest BCUT2D eigenvalue weighted by Gasteiger charge is -2.16. The third kappa shape index (κ3) is 4.73. The lowest BCUT2D eigenvalue weighted by atomic mass is 9.98. The van der Waals surface area contributed by atoms with E-state index in [-0.39, 0.29) is 11.5 Å². The van der Waals surface area contributed by atoms with Gasteiger partial charge in [0.15, 0.2) is 0 Å². The zero-order valence-electron chi connectivity index (χ0n) is 16.0. The Morgan fingerprint density at radius 1 is 1.12 bits per heavy atom. The predicted molar refractivity (Wildman–Crippen MR) is 107 cm³/mol. The summed E-state index contributed by atoms with van der Waals surface area (Å²) in [5, 5.41) is 15.3. The van der Waals surface area contributed by atoms with Crippen molar-refractivity contribution in [2.24, 2.45) is 0 Å². The summed E-state index contributed by atoms with van der Waals surface area (Å²) in [6, 6.07) is 13.9. The van der Waals surface area contributed by atoms with Crippen LogP contribution in [0.4, 0.5) is 11.4 Å². The smallest absolute Gasteiger partial charge is 0.267 e. The number of nitriles is 1. The monoisotopic (exact) mass is 347 g/mol. The molecule has 134 valence electrons. The van der Waals surface area contributed by atoms with E-state index in [1.165, 1.54) is 6.20 Å². The van der Waals surface area contributed by atoms with E-state index in [9.17, 15) is 10.1 Å². The maximum absolute atomic E-state index is 12.6. The van der Waals surface area contributed by atoms with Crippen LogP contribution in [0.5, 0.6) is 0 Å². The Hall–Kier alpha value is -3.06. The highest BCUT2D eigenvalue weighted by atomic mass is 16.1. The molecule has 2 aromatic carbocycles. The molecule has 1 amide bonds. The summed E-state index contributed by atoms with van der Waals surface area (Å²) in [5.41, 5.74) is 5.92. The van der Waals surface area contributed by atoms with E-state index in [1.807, 2.05) is 57.2 Å². The van der Waals surface area contributed by atoms with Gasteiger partial charge in [-0.2, -0.15) is 5.26 Å². The number of carbonyl (C=O) groups excluding carboxylic acids is 1. The zero-order chi connectivity index (χ0) is 19.3. The van der Waals surface area contributed by atoms with E-state index >= 15 is 0 Å². The number of benzene rings is 2. The molecule has 26 heavy (non-hydrogen) atoms. The fourth-order valence-electron chi connectivity index (χ4n) is 2.89. The topological polar surface area (TPSA) is 64.9 Å². The Morgan fingerprint density at radius 2 is 1.77 bits per heavy atom. The molecular weight excluding hydrogens is 322 g/mol. The SMILES string of the molecule is Cc1cc(C)cc(N/C=C(/C#N)C(=O)Nc2c(C)cccc2C(C)C)c1. The number of rotatable bonds is 5. The number of nitrogens with one attached hydrogen (secondary N) is 2. The van der Waals surface area contributed by atoms with Gasteiger partial charge < -0.3 is 10.6 Å². The molecule has 2 N–H and O–H groups in total. The normalized spacial score (nSPS) is 11.2. The van der Waals surface area contributed by atoms with E-state index in [4.69, 9.17) is 0 Å². The summed E-state index contributed by atoms with van der Waals surface area (Å²) in [6.45, 7) is 10.1. The number of anilines is 2. The van der Waals surface area contributed by atoms with Gasteiger partial charge in [-0.15, -0.1) is 0 Å². The lowest BCUT2D eigenvalue weighted by molar-refractivity contribution is -0.112. The van der Waals surface area contributed by atoms with Crippen LogP contribution in [0.25, 0.3) is 0 Å². The van der Waals surface area contributed by atoms with Gasteiger partial charge in [0.2, 0.25) is 0 Å². The minimum absolute atomic E-state index is 0.0297. The van der Waals surface area contributed by atoms with Gasteiger partial charge in [-0.3, -0.25) is 4.79 Å². The van der Waals surface area contributed by atoms with E-state index < -0.39 is 5.91 Å². The molecule has 0 bridgehead atoms. The molecule has 2 rings (SSSR count). The highest BCUT2D eigenvalue weighted by molar-refractivity contribution is 6.07. The molecule has 0 aromatic heterocycles. The molecule has 0 spiro atoms. The molecule has 2 aromatic rings. The van der Waals surface area contributed by atoms with Crippen molar-refractivity contribution in [1.82, 2.24) is 0 Å². The summed E-state index contributed by atoms with van der Waals surface area (Å²) < 4.78 is 0. The number of para-hydroxylation sites is 1. The van der Waals surface area contributed by atoms with Crippen LogP contribution in [0.15, 0.2) is 48.2 Å². The molecule has 0 aliphatic rings. The molecule has 0 saturated carbocycles. The van der Waals surface area contributed by atoms with Gasteiger partial charge in [0, 0.05) is 17.6 Å². The van der Waals surface area contributed by atoms with Gasteiger partial charge in [-0.1, -0.05) is 38.1 Å². The molecule has 4 heteroatoms. The van der Waals surface area contributed by atoms with Crippen molar-refractivity contribution in [2.75, 3.05) is 10.6 Å². The van der Waals surface area contributed by atoms with Gasteiger partial charge in [0.05, 0.1) is 0 Å². The Kier molecular flexibility index (Phi) is 6.19. The van der Waals surface area contributed by atoms with Crippen molar-refractivity contribution in [3.8, 4) is 6.07 Å². The molecule has 0 aliphatic heterocycles. The van der Waals surface area contributed by atoms with Crippen LogP contribution in [0.2, 0.25) is 0 Å². The number of hydrogen-bond donors (Lipinski definition) is 2. The molecule has 0 aliphatic carbocycles. The highest BCUT2D eigenvalue weighted by Gasteiger charge is 2.15. The Balaban J connectivity index is 2.23. The number of hydrogen-bond acceptors (Lipinski definition) is 3. The van der Waals surface area contributed by atoms with Crippen LogP contribution in [0.1, 0.15) is 42.0 Å². The van der Waals surface area contributed by atoms with E-state index in [0.717, 1.165) is 33.6 Å². The zero-order valence-corrected chi connectivity index (χ0v) is 16.0. The van der Waals surface area contributed by atoms with Crippen molar-refractivity contribution in [2.45, 2.75) is 40.5 Å². The second-order valence-corrected chi connectivity index (χ2v) is 6.84. The Bertz CT molecular complexity index is 868. The van der Waals surface area contributed by atoms with Crippen LogP contribution < -0.4 is 10.6 Å². The van der Waals surface area contributed by atoms with Gasteiger partial charge in [0.25, 0.3) is 5.91 Å². The first-order valence-corrected chi connectivity index (χ1v) is 8.67. The average Bonchev–Trinajstić information content (AvgIpc) is 2.56. The largest absolute Gasteiger partial charge is 0.360 e. The maximum Gasteiger partial charge on any atom is 0.267 e. The predicted octanol–water partition coefficient (Wildman–Crippen LogP) is 5.19. The van der Waals surface area contributed by atoms with Gasteiger partial charge in [-0.05, 0) is 61.1 Å². The Labute approximate surface area is 155 Å². The van der Waals surface area contributed by atoms with Gasteiger partial charge >= 0.3 is 0 Å². The maximum atomic E-state index is 12.6. The Morgan fingerprint density at radius 3 is 2.35 bits per heavy atom. The minimum atomic E-state index is -0.416. The summed E-state index contributed by atoms with van der Waals surface area (Å²) in [6.07, 6.45) is 1.46. The molecule has 0 unspecified atom stereocenters. The summed E-state index contributed by atoms with van der Waals surface area (Å²) >= 11 is 0. The average molecular weight is 347 g/mol. The van der Waals surface area contributed by atoms with E-state index in [2.05, 4.69) is 30.5 Å². The van der Waals surface area contributed by atoms with Crippen molar-refractivity contribution in [3.05, 3.63) is 70.4 Å². The minimum Gasteiger partial charge on any atom is -0.360 e. The first-order valence-electron chi connectivity index (χ1n) is 8.67. The number of aryl methyl sites for hydroxylation is 3. The number of nitrogens with zero attached hydrogens (tertiary/aromatic N) is 1. The molecule has 0 heterocycles. The molecule has 0 saturated heterocycles. The van der Waals surface area contributed by atoms with Gasteiger partial charge in [-0.25, -0.2) is 0 Å². The van der Waals surface area contributed by atoms with Crippen LogP contribution >= 0.6 is 0 Å². The third-order valence-electron chi connectivity index (χ3n) is 4.14. The van der Waals surface area contributed by atoms with E-state index in [0.29, 0.717) is 0 Å². The van der Waals surface area contributed by atoms with Gasteiger partial charge in [0.1, 0.15) is 11.6 Å². The molecular formula is C22H25N3O. The second kappa shape index (κ2) is 8.35. The lowest BCUT2D eigenvalue weighted by Crippen LogP contribution is -2.17. The van der Waals surface area contributed by atoms with Crippen LogP contribution in [0, 0.1) is 32.1 Å². The summed E-state index contributed by atoms with van der Waals surface area (Å²) in [5.74, 6) is -0.145. The van der Waals surface area contributed by atoms with E-state index in [1.54, 1.807) is 0 Å². The molecule has 0 atom stereocenters. The summed E-state index contributed by atoms with van der Waals surface area (Å²) in [4.78, 5) is 12.6. The second-order valence-electron chi connectivity index (χ2n) is 6.84. The summed E-state index contributed by atoms with van der Waals surface area (Å²) in [7, 11) is 0. The molecule has 0 fully saturated rings. The molecule has 0 radical (unpaired) electrons. The first kappa shape index (κ1) is 19.3. The van der Waals surface area contributed by atoms with Crippen LogP contribution in [-0.4, -0.2) is 5.91 Å². The molecule has 4 nitrogen and oxygen atoms in total. The number of carbonyl (C=O) groups is 1. The third-order valence-corrected chi connectivity index (χ3v) is 4.14. The first-order chi connectivity index (χ1) is 12.3. The van der Waals surface area contributed by atoms with Crippen molar-refractivity contribution >= 4 is 17.3 Å². The van der Waals surface area contributed by atoms with Crippen molar-refractivity contribution in [3.63, 3.8) is 0 Å². The van der Waals surface area contributed by atoms with Crippen molar-refractivity contribution < 1.29 is 4.79 Å². The fraction of sp³-hybridized carbons (Fsp3) is 0.273. The van der Waals surface area contributed by atoms with Crippen molar-refractivity contribution in [1.29, 1.82) is 5.26 Å². The van der Waals surface area contributed by atoms with Crippen LogP contribution in [0.3, 0.4) is 0 Å². The quantitative estimate of drug-likeness (QED) is 0.577. The standard InChI is InChI=1S/C22H25N3O/c1-14(2)20-8-6-7-17(5)21(20)25-22(26)18(12-23)13-24-19-10-15(3)9-16(4)11-19/h6-11,13-14,24H,1-5H3,(H,25,26)/b18-13-. The van der Waals surface area contributed by atoms with Crippen LogP contribution in [-0.2, 0) is 4.79 Å². The fourth-order valence-corrected chi connectivity index (χ4v) is 2.89. The number of amides is 1. The highest BCUT2D eigenvalue weighted by Crippen LogP contribution is 2.27.